The van der Waals surface area contributed by atoms with Crippen molar-refractivity contribution in [2.45, 2.75) is 236 Å². The molecule has 14 atom stereocenters. The molecule has 390 valence electrons. The minimum atomic E-state index is -1.83. The van der Waals surface area contributed by atoms with E-state index < -0.39 is 26.1 Å². The van der Waals surface area contributed by atoms with E-state index in [2.05, 4.69) is 165 Å². The number of hydrogen-bond donors (Lipinski definition) is 3. The average Bonchev–Trinajstić information content (AvgIpc) is 3.79. The minimum absolute atomic E-state index is 0.141. The fraction of sp³-hybridized carbons (Fsp3) is 0.750. The van der Waals surface area contributed by atoms with Crippen molar-refractivity contribution >= 4 is 8.32 Å². The molecule has 6 fully saturated rings. The second kappa shape index (κ2) is 22.6. The summed E-state index contributed by atoms with van der Waals surface area (Å²) in [6.45, 7) is 48.1. The van der Waals surface area contributed by atoms with Crippen molar-refractivity contribution < 1.29 is 19.7 Å². The first-order valence-corrected chi connectivity index (χ1v) is 31.0. The second-order valence-electron chi connectivity index (χ2n) is 27.7. The number of allylic oxidation sites excluding steroid dienone is 9. The van der Waals surface area contributed by atoms with Crippen LogP contribution in [0.15, 0.2) is 95.2 Å². The Bertz CT molecular complexity index is 1970. The maximum Gasteiger partial charge on any atom is 0.192 e. The highest BCUT2D eigenvalue weighted by atomic mass is 28.4. The van der Waals surface area contributed by atoms with Gasteiger partial charge in [0.2, 0.25) is 0 Å². The Labute approximate surface area is 426 Å². The lowest BCUT2D eigenvalue weighted by molar-refractivity contribution is 0.0436. The lowest BCUT2D eigenvalue weighted by Gasteiger charge is -2.44. The molecule has 3 N–H and O–H groups in total. The predicted molar refractivity (Wildman–Crippen MR) is 299 cm³/mol. The smallest absolute Gasteiger partial charge is 0.192 e. The van der Waals surface area contributed by atoms with Crippen LogP contribution in [0.2, 0.25) is 18.1 Å². The molecule has 0 radical (unpaired) electrons. The Hall–Kier alpha value is -2.02. The summed E-state index contributed by atoms with van der Waals surface area (Å²) < 4.78 is 6.91. The van der Waals surface area contributed by atoms with Gasteiger partial charge in [0.25, 0.3) is 0 Å². The fourth-order valence-electron chi connectivity index (χ4n) is 13.6. The van der Waals surface area contributed by atoms with Crippen LogP contribution in [0, 0.1) is 69.5 Å². The number of rotatable bonds is 11. The van der Waals surface area contributed by atoms with Crippen LogP contribution in [0.5, 0.6) is 0 Å². The molecular weight excluding hydrogens is 861 g/mol. The van der Waals surface area contributed by atoms with Crippen molar-refractivity contribution in [2.24, 2.45) is 69.5 Å². The molecule has 5 heteroatoms. The minimum Gasteiger partial charge on any atom is -0.410 e. The van der Waals surface area contributed by atoms with Gasteiger partial charge in [0.1, 0.15) is 0 Å². The molecule has 0 saturated heterocycles. The molecule has 0 spiro atoms. The maximum absolute atomic E-state index is 10.3. The SMILES string of the molecule is C=C1/C(=C\C=C2/CCC[C@]3(C)C([C@H](C)/C=C/C(C)C(C)(C)C)CC[C@@H]23)C[C@@H](C)C[C@@H]1O[Si](C)(C)C(C)(C)C.C=C1/C(=C\C=C2/CCC[C@]3(C)C([C@H](C)/C=C/C(C)C(C)(C)O)CC[C@@H]23)C[C@@H](O)C[C@@H]1O. The molecule has 4 unspecified atom stereocenters. The van der Waals surface area contributed by atoms with E-state index in [1.165, 1.54) is 74.5 Å². The fourth-order valence-corrected chi connectivity index (χ4v) is 14.9. The quantitative estimate of drug-likeness (QED) is 0.143. The van der Waals surface area contributed by atoms with Crippen LogP contribution in [-0.4, -0.2) is 47.5 Å². The van der Waals surface area contributed by atoms with E-state index >= 15 is 0 Å². The van der Waals surface area contributed by atoms with Crippen molar-refractivity contribution in [3.8, 4) is 0 Å². The first-order chi connectivity index (χ1) is 31.8. The van der Waals surface area contributed by atoms with E-state index in [9.17, 15) is 15.3 Å². The number of aliphatic hydroxyl groups excluding tert-OH is 2. The van der Waals surface area contributed by atoms with Gasteiger partial charge in [-0.15, -0.1) is 0 Å². The lowest BCUT2D eigenvalue weighted by Crippen LogP contribution is -2.45. The van der Waals surface area contributed by atoms with Crippen LogP contribution in [0.1, 0.15) is 194 Å². The van der Waals surface area contributed by atoms with Crippen LogP contribution in [0.3, 0.4) is 0 Å². The molecular formula is C64H106O4Si. The summed E-state index contributed by atoms with van der Waals surface area (Å²) >= 11 is 0. The summed E-state index contributed by atoms with van der Waals surface area (Å²) in [6, 6.07) is 0. The Morgan fingerprint density at radius 1 is 0.652 bits per heavy atom. The first-order valence-electron chi connectivity index (χ1n) is 28.1. The maximum atomic E-state index is 10.3. The van der Waals surface area contributed by atoms with Gasteiger partial charge in [-0.1, -0.05) is 163 Å². The van der Waals surface area contributed by atoms with Crippen molar-refractivity contribution in [3.63, 3.8) is 0 Å². The normalized spacial score (nSPS) is 37.0. The topological polar surface area (TPSA) is 69.9 Å². The molecule has 0 amide bonds. The zero-order chi connectivity index (χ0) is 51.7. The summed E-state index contributed by atoms with van der Waals surface area (Å²) in [6.07, 6.45) is 34.2. The van der Waals surface area contributed by atoms with Gasteiger partial charge in [-0.25, -0.2) is 0 Å². The highest BCUT2D eigenvalue weighted by Crippen LogP contribution is 2.61. The third-order valence-electron chi connectivity index (χ3n) is 20.2. The van der Waals surface area contributed by atoms with E-state index in [1.807, 2.05) is 13.8 Å². The third-order valence-corrected chi connectivity index (χ3v) is 24.7. The van der Waals surface area contributed by atoms with Crippen LogP contribution in [0.25, 0.3) is 0 Å². The Morgan fingerprint density at radius 3 is 1.57 bits per heavy atom. The van der Waals surface area contributed by atoms with Gasteiger partial charge in [-0.05, 0) is 201 Å². The zero-order valence-corrected chi connectivity index (χ0v) is 48.6. The molecule has 6 rings (SSSR count). The highest BCUT2D eigenvalue weighted by Gasteiger charge is 2.52. The molecule has 0 aromatic heterocycles. The predicted octanol–water partition coefficient (Wildman–Crippen LogP) is 17.0. The average molecular weight is 968 g/mol. The van der Waals surface area contributed by atoms with Crippen molar-refractivity contribution in [3.05, 3.63) is 95.2 Å². The van der Waals surface area contributed by atoms with Gasteiger partial charge >= 0.3 is 0 Å². The Balaban J connectivity index is 0.000000263. The van der Waals surface area contributed by atoms with Gasteiger partial charge in [0.05, 0.1) is 23.9 Å². The third kappa shape index (κ3) is 13.8. The molecule has 69 heavy (non-hydrogen) atoms. The summed E-state index contributed by atoms with van der Waals surface area (Å²) in [5.74, 6) is 5.35. The van der Waals surface area contributed by atoms with Crippen LogP contribution >= 0.6 is 0 Å². The molecule has 0 bridgehead atoms. The summed E-state index contributed by atoms with van der Waals surface area (Å²) in [7, 11) is -1.83. The molecule has 0 aromatic carbocycles. The van der Waals surface area contributed by atoms with E-state index in [-0.39, 0.29) is 17.1 Å². The summed E-state index contributed by atoms with van der Waals surface area (Å²) in [5.41, 5.74) is 8.09. The number of hydrogen-bond acceptors (Lipinski definition) is 4. The molecule has 0 heterocycles. The van der Waals surface area contributed by atoms with E-state index in [4.69, 9.17) is 4.43 Å². The molecule has 6 saturated carbocycles. The van der Waals surface area contributed by atoms with Gasteiger partial charge in [0, 0.05) is 12.3 Å². The van der Waals surface area contributed by atoms with Gasteiger partial charge in [0.15, 0.2) is 8.32 Å². The van der Waals surface area contributed by atoms with Crippen LogP contribution < -0.4 is 0 Å². The standard InChI is InChI=1S/C36H62OSi.C28H44O3/c1-25-23-30(28(4)33(24-25)37-38(12,13)35(8,9)10)19-18-29-15-14-22-36(11)31(20-21-32(29)36)26(2)16-17-27(3)34(5,6)7;1-18(9-10-19(2)27(4,5)31)24-13-14-25-21(8-7-15-28(24,25)6)11-12-22-16-23(29)17-26(30)20(22)3/h16-19,25-27,31-33H,4,14-15,20-24H2,1-3,5-13H3;9-12,18-19,23-26,29-31H,3,7-8,13-17H2,1-2,4-6H3/b17-16+,29-18+,30-19-;10-9+,21-11+,22-12-/t25-,26-,27?,31?,32+,33+,36-;18-,19?,23-,24?,25+,26+,28-/m11/s1. The van der Waals surface area contributed by atoms with E-state index in [0.717, 1.165) is 42.2 Å². The van der Waals surface area contributed by atoms with Gasteiger partial charge in [-0.2, -0.15) is 0 Å². The van der Waals surface area contributed by atoms with E-state index in [1.54, 1.807) is 5.57 Å². The lowest BCUT2D eigenvalue weighted by atomic mass is 9.61. The molecule has 0 aromatic rings. The molecule has 4 nitrogen and oxygen atoms in total. The van der Waals surface area contributed by atoms with Gasteiger partial charge < -0.3 is 19.7 Å². The van der Waals surface area contributed by atoms with Crippen LogP contribution in [0.4, 0.5) is 0 Å². The van der Waals surface area contributed by atoms with Crippen molar-refractivity contribution in [1.82, 2.24) is 0 Å². The molecule has 0 aliphatic heterocycles. The van der Waals surface area contributed by atoms with Crippen LogP contribution in [-0.2, 0) is 4.43 Å². The highest BCUT2D eigenvalue weighted by molar-refractivity contribution is 6.74. The summed E-state index contributed by atoms with van der Waals surface area (Å²) in [4.78, 5) is 0. The molecule has 6 aliphatic carbocycles. The number of aliphatic hydroxyl groups is 3. The zero-order valence-electron chi connectivity index (χ0n) is 47.6. The monoisotopic (exact) mass is 967 g/mol. The summed E-state index contributed by atoms with van der Waals surface area (Å²) in [5, 5.41) is 30.7. The van der Waals surface area contributed by atoms with E-state index in [0.29, 0.717) is 64.6 Å². The Morgan fingerprint density at radius 2 is 1.12 bits per heavy atom. The van der Waals surface area contributed by atoms with Gasteiger partial charge in [-0.3, -0.25) is 0 Å². The van der Waals surface area contributed by atoms with Crippen molar-refractivity contribution in [1.29, 1.82) is 0 Å². The largest absolute Gasteiger partial charge is 0.410 e. The number of fused-ring (bicyclic) bond motifs is 2. The Kier molecular flexibility index (Phi) is 19.0. The first kappa shape index (κ1) is 57.9. The molecule has 6 aliphatic rings. The van der Waals surface area contributed by atoms with Crippen molar-refractivity contribution in [2.75, 3.05) is 0 Å². The second-order valence-corrected chi connectivity index (χ2v) is 32.5.